The molecule has 1 aliphatic rings. The molecule has 9 heteroatoms. The number of hydrogen-bond donors (Lipinski definition) is 2. The van der Waals surface area contributed by atoms with Gasteiger partial charge in [-0.2, -0.15) is 0 Å². The number of pyridine rings is 1. The zero-order chi connectivity index (χ0) is 19.0. The summed E-state index contributed by atoms with van der Waals surface area (Å²) in [4.78, 5) is 15.0. The second-order valence-electron chi connectivity index (χ2n) is 8.28. The topological polar surface area (TPSA) is 97.5 Å². The van der Waals surface area contributed by atoms with Crippen LogP contribution in [0.15, 0.2) is 12.3 Å². The van der Waals surface area contributed by atoms with Crippen molar-refractivity contribution in [3.63, 3.8) is 0 Å². The Morgan fingerprint density at radius 2 is 2.12 bits per heavy atom. The smallest absolute Gasteiger partial charge is 0.373 e. The molecule has 0 radical (unpaired) electrons. The molecule has 2 rings (SSSR count). The average Bonchev–Trinajstić information content (AvgIpc) is 2.47. The van der Waals surface area contributed by atoms with Gasteiger partial charge in [-0.1, -0.05) is 20.8 Å². The summed E-state index contributed by atoms with van der Waals surface area (Å²) in [5.41, 5.74) is 1.62. The molecular weight excluding hydrogens is 337 g/mol. The van der Waals surface area contributed by atoms with Crippen LogP contribution >= 0.6 is 0 Å². The van der Waals surface area contributed by atoms with Crippen molar-refractivity contribution in [3.8, 4) is 0 Å². The third-order valence-electron chi connectivity index (χ3n) is 5.24. The van der Waals surface area contributed by atoms with E-state index in [4.69, 9.17) is 4.43 Å². The van der Waals surface area contributed by atoms with E-state index < -0.39 is 20.3 Å². The zero-order valence-electron chi connectivity index (χ0n) is 15.9. The van der Waals surface area contributed by atoms with Crippen LogP contribution in [0.4, 0.5) is 5.69 Å². The van der Waals surface area contributed by atoms with Crippen molar-refractivity contribution in [3.05, 3.63) is 33.6 Å². The van der Waals surface area contributed by atoms with Gasteiger partial charge in [-0.15, -0.1) is 0 Å². The van der Waals surface area contributed by atoms with Crippen LogP contribution in [0.2, 0.25) is 25.0 Å². The summed E-state index contributed by atoms with van der Waals surface area (Å²) in [6.07, 6.45) is 2.39. The van der Waals surface area contributed by atoms with Gasteiger partial charge in [0.25, 0.3) is 5.69 Å². The summed E-state index contributed by atoms with van der Waals surface area (Å²) in [7, 11) is -2.74. The van der Waals surface area contributed by atoms with Gasteiger partial charge in [0, 0.05) is 12.1 Å². The second-order valence-corrected chi connectivity index (χ2v) is 13.0. The van der Waals surface area contributed by atoms with Crippen molar-refractivity contribution < 1.29 is 14.4 Å². The van der Waals surface area contributed by atoms with Crippen LogP contribution in [0.25, 0.3) is 0 Å². The van der Waals surface area contributed by atoms with E-state index in [1.807, 2.05) is 0 Å². The maximum atomic E-state index is 11.0. The fourth-order valence-electron chi connectivity index (χ4n) is 2.83. The van der Waals surface area contributed by atoms with Gasteiger partial charge in [0.1, 0.15) is 12.3 Å². The minimum atomic E-state index is -2.08. The number of hydrogen-bond acceptors (Lipinski definition) is 6. The fraction of sp³-hybridized carbons (Fsp3) is 0.688. The molecule has 1 aliphatic carbocycles. The highest BCUT2D eigenvalue weighted by molar-refractivity contribution is 6.74. The number of fused-ring (bicyclic) bond motifs is 1. The predicted molar refractivity (Wildman–Crippen MR) is 101 cm³/mol. The summed E-state index contributed by atoms with van der Waals surface area (Å²) in [5, 5.41) is 24.0. The maximum Gasteiger partial charge on any atom is 0.373 e. The van der Waals surface area contributed by atoms with Crippen molar-refractivity contribution in [1.82, 2.24) is 10.2 Å². The predicted octanol–water partition coefficient (Wildman–Crippen LogP) is 3.07. The lowest BCUT2D eigenvalue weighted by atomic mass is 9.81. The van der Waals surface area contributed by atoms with E-state index in [-0.39, 0.29) is 22.9 Å². The van der Waals surface area contributed by atoms with Crippen molar-refractivity contribution in [2.75, 3.05) is 0 Å². The average molecular weight is 365 g/mol. The molecule has 0 saturated carbocycles. The van der Waals surface area contributed by atoms with Gasteiger partial charge in [-0.3, -0.25) is 15.1 Å². The van der Waals surface area contributed by atoms with Crippen LogP contribution in [0.1, 0.15) is 44.6 Å². The monoisotopic (exact) mass is 365 g/mol. The molecule has 0 fully saturated rings. The van der Waals surface area contributed by atoms with Gasteiger partial charge in [0.05, 0.1) is 10.6 Å². The molecule has 0 unspecified atom stereocenters. The summed E-state index contributed by atoms with van der Waals surface area (Å²) in [5.74, 6) is 0. The Kier molecular flexibility index (Phi) is 5.72. The molecule has 7 nitrogen and oxygen atoms in total. The number of aromatic nitrogens is 1. The minimum absolute atomic E-state index is 0.00626. The molecule has 2 atom stereocenters. The first-order valence-electron chi connectivity index (χ1n) is 8.67. The van der Waals surface area contributed by atoms with Crippen molar-refractivity contribution in [2.45, 2.75) is 70.7 Å². The summed E-state index contributed by atoms with van der Waals surface area (Å²) >= 11 is 0. The van der Waals surface area contributed by atoms with Gasteiger partial charge in [0.15, 0.2) is 8.32 Å². The van der Waals surface area contributed by atoms with E-state index in [2.05, 4.69) is 44.1 Å². The lowest BCUT2D eigenvalue weighted by molar-refractivity contribution is -0.385. The van der Waals surface area contributed by atoms with Crippen LogP contribution < -0.4 is 5.23 Å². The molecule has 0 bridgehead atoms. The zero-order valence-corrected chi connectivity index (χ0v) is 16.9. The molecular formula is C16H28BN3O4Si. The van der Waals surface area contributed by atoms with Gasteiger partial charge in [0.2, 0.25) is 0 Å². The highest BCUT2D eigenvalue weighted by Gasteiger charge is 2.43. The van der Waals surface area contributed by atoms with E-state index >= 15 is 0 Å². The van der Waals surface area contributed by atoms with Gasteiger partial charge in [-0.25, -0.2) is 0 Å². The normalized spacial score (nSPS) is 20.9. The highest BCUT2D eigenvalue weighted by atomic mass is 28.4. The van der Waals surface area contributed by atoms with Crippen LogP contribution in [-0.4, -0.2) is 36.3 Å². The van der Waals surface area contributed by atoms with Crippen LogP contribution in [0.3, 0.4) is 0 Å². The lowest BCUT2D eigenvalue weighted by Gasteiger charge is -2.43. The van der Waals surface area contributed by atoms with Crippen molar-refractivity contribution in [1.29, 1.82) is 0 Å². The summed E-state index contributed by atoms with van der Waals surface area (Å²) in [6, 6.07) is 1.53. The number of aryl methyl sites for hydroxylation is 1. The Morgan fingerprint density at radius 1 is 1.48 bits per heavy atom. The number of rotatable bonds is 5. The van der Waals surface area contributed by atoms with Crippen LogP contribution in [0.5, 0.6) is 0 Å². The minimum Gasteiger partial charge on any atom is -0.437 e. The number of nitrogens with one attached hydrogen (secondary N) is 1. The Balaban J connectivity index is 2.42. The molecule has 0 spiro atoms. The van der Waals surface area contributed by atoms with Gasteiger partial charge in [-0.05, 0) is 43.4 Å². The van der Waals surface area contributed by atoms with E-state index in [0.717, 1.165) is 17.7 Å². The molecule has 138 valence electrons. The SMILES string of the molecule is CB(O)N[C@H]1CCc2cc([N+](=O)[O-])cnc2[C@@H]1O[Si](C)(C)C(C)(C)C. The van der Waals surface area contributed by atoms with Gasteiger partial charge < -0.3 is 14.7 Å². The van der Waals surface area contributed by atoms with E-state index in [9.17, 15) is 15.1 Å². The Hall–Kier alpha value is -1.29. The standard InChI is InChI=1S/C16H28BN3O4Si/c1-16(2,3)25(5,6)24-15-13(19-17(4)21)8-7-11-9-12(20(22)23)10-18-14(11)15/h9-10,13,15,19,21H,7-8H2,1-6H3/t13-,15+/m0/s1. The molecule has 0 saturated heterocycles. The van der Waals surface area contributed by atoms with Crippen molar-refractivity contribution >= 4 is 21.1 Å². The summed E-state index contributed by atoms with van der Waals surface area (Å²) < 4.78 is 6.62. The second kappa shape index (κ2) is 7.14. The van der Waals surface area contributed by atoms with E-state index in [0.29, 0.717) is 6.42 Å². The van der Waals surface area contributed by atoms with E-state index in [1.54, 1.807) is 12.9 Å². The molecule has 1 heterocycles. The van der Waals surface area contributed by atoms with E-state index in [1.165, 1.54) is 6.20 Å². The Labute approximate surface area is 150 Å². The Bertz CT molecular complexity index is 649. The van der Waals surface area contributed by atoms with Crippen LogP contribution in [0, 0.1) is 10.1 Å². The summed E-state index contributed by atoms with van der Waals surface area (Å²) in [6.45, 7) is 12.5. The largest absolute Gasteiger partial charge is 0.437 e. The van der Waals surface area contributed by atoms with Gasteiger partial charge >= 0.3 is 7.05 Å². The fourth-order valence-corrected chi connectivity index (χ4v) is 4.09. The highest BCUT2D eigenvalue weighted by Crippen LogP contribution is 2.42. The molecule has 1 aromatic rings. The molecule has 25 heavy (non-hydrogen) atoms. The molecule has 1 aromatic heterocycles. The molecule has 2 N–H and O–H groups in total. The number of nitro groups is 1. The van der Waals surface area contributed by atoms with Crippen LogP contribution in [-0.2, 0) is 10.8 Å². The van der Waals surface area contributed by atoms with Crippen molar-refractivity contribution in [2.24, 2.45) is 0 Å². The lowest BCUT2D eigenvalue weighted by Crippen LogP contribution is -2.51. The Morgan fingerprint density at radius 3 is 2.64 bits per heavy atom. The molecule has 0 amide bonds. The first-order valence-corrected chi connectivity index (χ1v) is 11.6. The first-order chi connectivity index (χ1) is 11.4. The quantitative estimate of drug-likeness (QED) is 0.473. The molecule has 0 aliphatic heterocycles. The molecule has 0 aromatic carbocycles. The first kappa shape index (κ1) is 20.0. The maximum absolute atomic E-state index is 11.0. The third kappa shape index (κ3) is 4.47. The third-order valence-corrected chi connectivity index (χ3v) is 9.70. The number of nitrogens with zero attached hydrogens (tertiary/aromatic N) is 2.